The van der Waals surface area contributed by atoms with Crippen molar-refractivity contribution in [1.82, 2.24) is 0 Å². The van der Waals surface area contributed by atoms with Gasteiger partial charge in [-0.15, -0.1) is 0 Å². The van der Waals surface area contributed by atoms with Crippen molar-refractivity contribution in [3.05, 3.63) is 60.7 Å². The monoisotopic (exact) mass is 354 g/mol. The lowest BCUT2D eigenvalue weighted by molar-refractivity contribution is 0.0501. The van der Waals surface area contributed by atoms with E-state index in [1.807, 2.05) is 12.1 Å². The molecule has 3 rings (SSSR count). The lowest BCUT2D eigenvalue weighted by Crippen LogP contribution is -2.67. The van der Waals surface area contributed by atoms with Gasteiger partial charge in [-0.2, -0.15) is 0 Å². The molecule has 1 fully saturated rings. The molecule has 0 aliphatic heterocycles. The van der Waals surface area contributed by atoms with Gasteiger partial charge in [0.05, 0.1) is 12.2 Å². The molecule has 0 aromatic heterocycles. The summed E-state index contributed by atoms with van der Waals surface area (Å²) in [7, 11) is -2.54. The Bertz CT molecular complexity index is 679. The molecule has 0 bridgehead atoms. The zero-order valence-corrected chi connectivity index (χ0v) is 17.0. The molecule has 0 heterocycles. The summed E-state index contributed by atoms with van der Waals surface area (Å²) in [4.78, 5) is 0. The van der Waals surface area contributed by atoms with Crippen LogP contribution in [0.25, 0.3) is 0 Å². The van der Waals surface area contributed by atoms with E-state index in [1.54, 1.807) is 0 Å². The molecule has 2 aromatic rings. The summed E-state index contributed by atoms with van der Waals surface area (Å²) in [6.07, 6.45) is 0.804. The van der Waals surface area contributed by atoms with Crippen LogP contribution < -0.4 is 10.4 Å². The first-order valence-electron chi connectivity index (χ1n) is 9.10. The summed E-state index contributed by atoms with van der Waals surface area (Å²) >= 11 is 0. The van der Waals surface area contributed by atoms with Crippen molar-refractivity contribution >= 4 is 18.7 Å². The van der Waals surface area contributed by atoms with E-state index in [9.17, 15) is 5.11 Å². The van der Waals surface area contributed by atoms with E-state index in [-0.39, 0.29) is 10.5 Å². The highest BCUT2D eigenvalue weighted by atomic mass is 28.4. The average Bonchev–Trinajstić information content (AvgIpc) is 3.07. The molecular formula is C22H30O2Si. The Hall–Kier alpha value is -1.42. The van der Waals surface area contributed by atoms with Gasteiger partial charge in [-0.3, -0.25) is 0 Å². The van der Waals surface area contributed by atoms with Gasteiger partial charge in [0.25, 0.3) is 8.32 Å². The van der Waals surface area contributed by atoms with Crippen molar-refractivity contribution in [1.29, 1.82) is 0 Å². The van der Waals surface area contributed by atoms with E-state index >= 15 is 0 Å². The molecule has 1 aliphatic rings. The van der Waals surface area contributed by atoms with Crippen LogP contribution in [0.4, 0.5) is 0 Å². The largest absolute Gasteiger partial charge is 0.404 e. The minimum atomic E-state index is -2.54. The van der Waals surface area contributed by atoms with Crippen molar-refractivity contribution in [2.45, 2.75) is 51.7 Å². The molecule has 2 aromatic carbocycles. The van der Waals surface area contributed by atoms with Crippen LogP contribution in [0, 0.1) is 5.41 Å². The van der Waals surface area contributed by atoms with Crippen LogP contribution in [-0.2, 0) is 4.43 Å². The second-order valence-corrected chi connectivity index (χ2v) is 13.3. The Labute approximate surface area is 153 Å². The fourth-order valence-electron chi connectivity index (χ4n) is 3.92. The quantitative estimate of drug-likeness (QED) is 0.829. The Kier molecular flexibility index (Phi) is 4.47. The molecule has 1 N–H and O–H groups in total. The van der Waals surface area contributed by atoms with Crippen LogP contribution in [0.3, 0.4) is 0 Å². The third-order valence-corrected chi connectivity index (χ3v) is 10.8. The first kappa shape index (κ1) is 18.4. The zero-order valence-electron chi connectivity index (χ0n) is 16.0. The number of rotatable bonds is 5. The predicted molar refractivity (Wildman–Crippen MR) is 107 cm³/mol. The van der Waals surface area contributed by atoms with E-state index in [2.05, 4.69) is 83.1 Å². The van der Waals surface area contributed by atoms with Gasteiger partial charge in [0.1, 0.15) is 0 Å². The van der Waals surface area contributed by atoms with E-state index < -0.39 is 13.9 Å². The first-order valence-corrected chi connectivity index (χ1v) is 11.0. The summed E-state index contributed by atoms with van der Waals surface area (Å²) in [6, 6.07) is 21.2. The van der Waals surface area contributed by atoms with Crippen molar-refractivity contribution in [3.63, 3.8) is 0 Å². The summed E-state index contributed by atoms with van der Waals surface area (Å²) in [6.45, 7) is 11.4. The van der Waals surface area contributed by atoms with Crippen molar-refractivity contribution in [2.24, 2.45) is 5.41 Å². The predicted octanol–water partition coefficient (Wildman–Crippen LogP) is 3.72. The Morgan fingerprint density at radius 1 is 0.920 bits per heavy atom. The number of benzene rings is 2. The maximum Gasteiger partial charge on any atom is 0.261 e. The topological polar surface area (TPSA) is 29.5 Å². The van der Waals surface area contributed by atoms with Gasteiger partial charge in [0.15, 0.2) is 0 Å². The summed E-state index contributed by atoms with van der Waals surface area (Å²) in [5.41, 5.74) is -0.765. The molecule has 0 amide bonds. The number of hydrogen-bond donors (Lipinski definition) is 1. The molecule has 1 atom stereocenters. The average molecular weight is 355 g/mol. The second-order valence-electron chi connectivity index (χ2n) is 9.04. The van der Waals surface area contributed by atoms with Gasteiger partial charge in [0, 0.05) is 0 Å². The smallest absolute Gasteiger partial charge is 0.261 e. The van der Waals surface area contributed by atoms with Gasteiger partial charge in [0.2, 0.25) is 0 Å². The molecule has 25 heavy (non-hydrogen) atoms. The Morgan fingerprint density at radius 2 is 1.32 bits per heavy atom. The zero-order chi connectivity index (χ0) is 18.3. The van der Waals surface area contributed by atoms with E-state index in [0.29, 0.717) is 6.61 Å². The molecule has 1 saturated carbocycles. The Morgan fingerprint density at radius 3 is 1.64 bits per heavy atom. The normalized spacial score (nSPS) is 22.6. The maximum atomic E-state index is 10.9. The summed E-state index contributed by atoms with van der Waals surface area (Å²) in [5, 5.41) is 13.3. The minimum absolute atomic E-state index is 0.0505. The summed E-state index contributed by atoms with van der Waals surface area (Å²) < 4.78 is 6.82. The van der Waals surface area contributed by atoms with Crippen molar-refractivity contribution in [3.8, 4) is 0 Å². The molecule has 0 saturated heterocycles. The SMILES string of the molecule is CC1(C)CC1(O)CO[Si](c1ccccc1)(c1ccccc1)C(C)(C)C. The van der Waals surface area contributed by atoms with Gasteiger partial charge in [-0.25, -0.2) is 0 Å². The lowest BCUT2D eigenvalue weighted by Gasteiger charge is -2.43. The third-order valence-electron chi connectivity index (χ3n) is 5.81. The van der Waals surface area contributed by atoms with Gasteiger partial charge < -0.3 is 9.53 Å². The van der Waals surface area contributed by atoms with Gasteiger partial charge >= 0.3 is 0 Å². The Balaban J connectivity index is 2.10. The standard InChI is InChI=1S/C22H30O2Si/c1-20(2,3)25(18-12-8-6-9-13-18,19-14-10-7-11-15-19)24-17-22(23)16-21(22,4)5/h6-15,23H,16-17H2,1-5H3. The number of hydrogen-bond acceptors (Lipinski definition) is 2. The highest BCUT2D eigenvalue weighted by Crippen LogP contribution is 2.56. The molecule has 2 nitrogen and oxygen atoms in total. The van der Waals surface area contributed by atoms with Crippen molar-refractivity contribution < 1.29 is 9.53 Å². The molecule has 134 valence electrons. The van der Waals surface area contributed by atoms with E-state index in [4.69, 9.17) is 4.43 Å². The lowest BCUT2D eigenvalue weighted by atomic mass is 10.1. The molecule has 0 spiro atoms. The van der Waals surface area contributed by atoms with Gasteiger partial charge in [-0.1, -0.05) is 95.3 Å². The van der Waals surface area contributed by atoms with Crippen LogP contribution in [-0.4, -0.2) is 25.6 Å². The maximum absolute atomic E-state index is 10.9. The third kappa shape index (κ3) is 3.09. The van der Waals surface area contributed by atoms with Crippen LogP contribution in [0.15, 0.2) is 60.7 Å². The van der Waals surface area contributed by atoms with Crippen LogP contribution in [0.2, 0.25) is 5.04 Å². The van der Waals surface area contributed by atoms with Crippen LogP contribution in [0.5, 0.6) is 0 Å². The number of aliphatic hydroxyl groups is 1. The summed E-state index contributed by atoms with van der Waals surface area (Å²) in [5.74, 6) is 0. The molecular weight excluding hydrogens is 324 g/mol. The molecule has 1 aliphatic carbocycles. The molecule has 1 unspecified atom stereocenters. The first-order chi connectivity index (χ1) is 11.6. The second kappa shape index (κ2) is 6.08. The van der Waals surface area contributed by atoms with Crippen LogP contribution in [0.1, 0.15) is 41.0 Å². The highest BCUT2D eigenvalue weighted by molar-refractivity contribution is 6.99. The van der Waals surface area contributed by atoms with Gasteiger partial charge in [-0.05, 0) is 27.2 Å². The van der Waals surface area contributed by atoms with E-state index in [1.165, 1.54) is 10.4 Å². The van der Waals surface area contributed by atoms with E-state index in [0.717, 1.165) is 6.42 Å². The molecule has 3 heteroatoms. The fourth-order valence-corrected chi connectivity index (χ4v) is 8.53. The van der Waals surface area contributed by atoms with Crippen molar-refractivity contribution in [2.75, 3.05) is 6.61 Å². The molecule has 0 radical (unpaired) electrons. The van der Waals surface area contributed by atoms with Crippen LogP contribution >= 0.6 is 0 Å². The highest BCUT2D eigenvalue weighted by Gasteiger charge is 2.62. The fraction of sp³-hybridized carbons (Fsp3) is 0.455. The minimum Gasteiger partial charge on any atom is -0.404 e.